The zero-order chi connectivity index (χ0) is 15.2. The molecule has 1 heterocycles. The highest BCUT2D eigenvalue weighted by Crippen LogP contribution is 2.22. The van der Waals surface area contributed by atoms with Crippen LogP contribution in [0.1, 0.15) is 31.7 Å². The molecule has 0 aliphatic rings. The van der Waals surface area contributed by atoms with E-state index < -0.39 is 0 Å². The SMILES string of the molecule is CCCC(CC(=O)OC)Nc1ncnc2ccc(C)cc12. The van der Waals surface area contributed by atoms with Crippen LogP contribution in [0.2, 0.25) is 0 Å². The summed E-state index contributed by atoms with van der Waals surface area (Å²) in [6, 6.07) is 6.07. The number of rotatable bonds is 6. The fourth-order valence-electron chi connectivity index (χ4n) is 2.34. The Morgan fingerprint density at radius 1 is 1.38 bits per heavy atom. The first-order chi connectivity index (χ1) is 10.1. The first-order valence-corrected chi connectivity index (χ1v) is 7.18. The van der Waals surface area contributed by atoms with Crippen molar-refractivity contribution in [2.45, 2.75) is 39.2 Å². The smallest absolute Gasteiger partial charge is 0.307 e. The van der Waals surface area contributed by atoms with Crippen LogP contribution in [-0.2, 0) is 9.53 Å². The molecule has 1 atom stereocenters. The molecular formula is C16H21N3O2. The highest BCUT2D eigenvalue weighted by molar-refractivity contribution is 5.89. The Hall–Kier alpha value is -2.17. The lowest BCUT2D eigenvalue weighted by atomic mass is 10.1. The van der Waals surface area contributed by atoms with E-state index in [1.807, 2.05) is 19.1 Å². The maximum atomic E-state index is 11.5. The molecule has 21 heavy (non-hydrogen) atoms. The Morgan fingerprint density at radius 2 is 2.19 bits per heavy atom. The van der Waals surface area contributed by atoms with Crippen LogP contribution >= 0.6 is 0 Å². The summed E-state index contributed by atoms with van der Waals surface area (Å²) in [6.45, 7) is 4.13. The molecule has 0 aliphatic heterocycles. The molecule has 2 rings (SSSR count). The van der Waals surface area contributed by atoms with Gasteiger partial charge in [0, 0.05) is 11.4 Å². The van der Waals surface area contributed by atoms with Crippen molar-refractivity contribution in [1.29, 1.82) is 0 Å². The number of benzene rings is 1. The third kappa shape index (κ3) is 3.90. The lowest BCUT2D eigenvalue weighted by molar-refractivity contribution is -0.140. The Kier molecular flexibility index (Phi) is 5.09. The van der Waals surface area contributed by atoms with Crippen molar-refractivity contribution in [1.82, 2.24) is 9.97 Å². The van der Waals surface area contributed by atoms with Crippen molar-refractivity contribution in [2.24, 2.45) is 0 Å². The molecule has 2 aromatic rings. The van der Waals surface area contributed by atoms with E-state index in [1.54, 1.807) is 6.33 Å². The third-order valence-corrected chi connectivity index (χ3v) is 3.41. The van der Waals surface area contributed by atoms with Gasteiger partial charge in [0.1, 0.15) is 12.1 Å². The number of nitrogens with one attached hydrogen (secondary N) is 1. The minimum atomic E-state index is -0.213. The first kappa shape index (κ1) is 15.2. The van der Waals surface area contributed by atoms with Crippen LogP contribution in [0.15, 0.2) is 24.5 Å². The monoisotopic (exact) mass is 287 g/mol. The zero-order valence-electron chi connectivity index (χ0n) is 12.7. The number of aryl methyl sites for hydroxylation is 1. The molecule has 0 radical (unpaired) electrons. The van der Waals surface area contributed by atoms with Crippen LogP contribution in [0.3, 0.4) is 0 Å². The normalized spacial score (nSPS) is 12.1. The molecule has 5 heteroatoms. The molecule has 0 saturated heterocycles. The van der Waals surface area contributed by atoms with Crippen LogP contribution in [0.4, 0.5) is 5.82 Å². The van der Waals surface area contributed by atoms with Gasteiger partial charge in [-0.1, -0.05) is 25.0 Å². The molecule has 0 spiro atoms. The molecule has 1 unspecified atom stereocenters. The average Bonchev–Trinajstić information content (AvgIpc) is 2.48. The summed E-state index contributed by atoms with van der Waals surface area (Å²) in [5.41, 5.74) is 2.05. The van der Waals surface area contributed by atoms with Gasteiger partial charge in [0.25, 0.3) is 0 Å². The van der Waals surface area contributed by atoms with Crippen molar-refractivity contribution in [2.75, 3.05) is 12.4 Å². The summed E-state index contributed by atoms with van der Waals surface area (Å²) in [7, 11) is 1.41. The van der Waals surface area contributed by atoms with Crippen molar-refractivity contribution in [3.05, 3.63) is 30.1 Å². The number of ether oxygens (including phenoxy) is 1. The minimum Gasteiger partial charge on any atom is -0.469 e. The predicted octanol–water partition coefficient (Wildman–Crippen LogP) is 3.08. The molecule has 1 aromatic heterocycles. The van der Waals surface area contributed by atoms with Gasteiger partial charge in [0.15, 0.2) is 0 Å². The number of hydrogen-bond acceptors (Lipinski definition) is 5. The summed E-state index contributed by atoms with van der Waals surface area (Å²) < 4.78 is 4.76. The van der Waals surface area contributed by atoms with Crippen molar-refractivity contribution < 1.29 is 9.53 Å². The number of carbonyl (C=O) groups is 1. The number of aromatic nitrogens is 2. The number of carbonyl (C=O) groups excluding carboxylic acids is 1. The van der Waals surface area contributed by atoms with Gasteiger partial charge in [-0.25, -0.2) is 9.97 Å². The summed E-state index contributed by atoms with van der Waals surface area (Å²) in [5.74, 6) is 0.557. The molecule has 0 bridgehead atoms. The van der Waals surface area contributed by atoms with E-state index >= 15 is 0 Å². The summed E-state index contributed by atoms with van der Waals surface area (Å²) in [4.78, 5) is 20.1. The van der Waals surface area contributed by atoms with Crippen LogP contribution < -0.4 is 5.32 Å². The number of anilines is 1. The second kappa shape index (κ2) is 7.02. The van der Waals surface area contributed by atoms with E-state index in [0.717, 1.165) is 35.1 Å². The first-order valence-electron chi connectivity index (χ1n) is 7.18. The number of hydrogen-bond donors (Lipinski definition) is 1. The molecule has 5 nitrogen and oxygen atoms in total. The van der Waals surface area contributed by atoms with Gasteiger partial charge in [-0.05, 0) is 25.5 Å². The molecular weight excluding hydrogens is 266 g/mol. The van der Waals surface area contributed by atoms with Crippen molar-refractivity contribution in [3.8, 4) is 0 Å². The summed E-state index contributed by atoms with van der Waals surface area (Å²) in [5, 5.41) is 4.34. The number of nitrogens with zero attached hydrogens (tertiary/aromatic N) is 2. The van der Waals surface area contributed by atoms with E-state index in [4.69, 9.17) is 4.74 Å². The highest BCUT2D eigenvalue weighted by atomic mass is 16.5. The third-order valence-electron chi connectivity index (χ3n) is 3.41. The van der Waals surface area contributed by atoms with Gasteiger partial charge in [-0.15, -0.1) is 0 Å². The fourth-order valence-corrected chi connectivity index (χ4v) is 2.34. The zero-order valence-corrected chi connectivity index (χ0v) is 12.7. The second-order valence-corrected chi connectivity index (χ2v) is 5.15. The molecule has 0 amide bonds. The summed E-state index contributed by atoms with van der Waals surface area (Å²) in [6.07, 6.45) is 3.74. The quantitative estimate of drug-likeness (QED) is 0.827. The minimum absolute atomic E-state index is 0.0149. The maximum absolute atomic E-state index is 11.5. The number of esters is 1. The molecule has 0 aliphatic carbocycles. The Bertz CT molecular complexity index is 628. The largest absolute Gasteiger partial charge is 0.469 e. The highest BCUT2D eigenvalue weighted by Gasteiger charge is 2.15. The summed E-state index contributed by atoms with van der Waals surface area (Å²) >= 11 is 0. The van der Waals surface area contributed by atoms with Crippen molar-refractivity contribution >= 4 is 22.7 Å². The molecule has 1 aromatic carbocycles. The maximum Gasteiger partial charge on any atom is 0.307 e. The number of methoxy groups -OCH3 is 1. The van der Waals surface area contributed by atoms with Gasteiger partial charge < -0.3 is 10.1 Å². The standard InChI is InChI=1S/C16H21N3O2/c1-4-5-12(9-15(20)21-3)19-16-13-8-11(2)6-7-14(13)17-10-18-16/h6-8,10,12H,4-5,9H2,1-3H3,(H,17,18,19). The van der Waals surface area contributed by atoms with Crippen LogP contribution in [-0.4, -0.2) is 29.1 Å². The Balaban J connectivity index is 2.27. The van der Waals surface area contributed by atoms with Gasteiger partial charge in [-0.2, -0.15) is 0 Å². The molecule has 0 saturated carbocycles. The van der Waals surface area contributed by atoms with Gasteiger partial charge in [0.2, 0.25) is 0 Å². The predicted molar refractivity (Wildman–Crippen MR) is 83.2 cm³/mol. The van der Waals surface area contributed by atoms with Gasteiger partial charge in [0.05, 0.1) is 19.0 Å². The van der Waals surface area contributed by atoms with E-state index in [-0.39, 0.29) is 12.0 Å². The van der Waals surface area contributed by atoms with E-state index in [1.165, 1.54) is 7.11 Å². The van der Waals surface area contributed by atoms with E-state index in [9.17, 15) is 4.79 Å². The Labute approximate surface area is 124 Å². The molecule has 0 fully saturated rings. The van der Waals surface area contributed by atoms with E-state index in [2.05, 4.69) is 28.3 Å². The van der Waals surface area contributed by atoms with E-state index in [0.29, 0.717) is 6.42 Å². The molecule has 112 valence electrons. The lowest BCUT2D eigenvalue weighted by Crippen LogP contribution is -2.24. The second-order valence-electron chi connectivity index (χ2n) is 5.15. The van der Waals surface area contributed by atoms with Crippen LogP contribution in [0, 0.1) is 6.92 Å². The van der Waals surface area contributed by atoms with Crippen LogP contribution in [0.25, 0.3) is 10.9 Å². The lowest BCUT2D eigenvalue weighted by Gasteiger charge is -2.18. The van der Waals surface area contributed by atoms with Gasteiger partial charge in [-0.3, -0.25) is 4.79 Å². The molecule has 1 N–H and O–H groups in total. The topological polar surface area (TPSA) is 64.1 Å². The average molecular weight is 287 g/mol. The Morgan fingerprint density at radius 3 is 2.90 bits per heavy atom. The van der Waals surface area contributed by atoms with Gasteiger partial charge >= 0.3 is 5.97 Å². The number of fused-ring (bicyclic) bond motifs is 1. The van der Waals surface area contributed by atoms with Crippen molar-refractivity contribution in [3.63, 3.8) is 0 Å². The fraction of sp³-hybridized carbons (Fsp3) is 0.438. The van der Waals surface area contributed by atoms with Crippen LogP contribution in [0.5, 0.6) is 0 Å².